The van der Waals surface area contributed by atoms with Gasteiger partial charge in [0.25, 0.3) is 5.69 Å². The summed E-state index contributed by atoms with van der Waals surface area (Å²) in [6, 6.07) is 6.57. The number of nitrogens with one attached hydrogen (secondary N) is 2. The number of carbonyl (C=O) groups excluding carboxylic acids is 1. The van der Waals surface area contributed by atoms with Crippen LogP contribution in [0.1, 0.15) is 12.5 Å². The molecule has 0 spiro atoms. The van der Waals surface area contributed by atoms with Crippen molar-refractivity contribution in [2.75, 3.05) is 20.1 Å². The van der Waals surface area contributed by atoms with Gasteiger partial charge in [-0.05, 0) is 13.5 Å². The van der Waals surface area contributed by atoms with Crippen LogP contribution in [-0.2, 0) is 11.2 Å². The Hall–Kier alpha value is -1.95. The monoisotopic (exact) mass is 265 g/mol. The van der Waals surface area contributed by atoms with E-state index in [9.17, 15) is 14.9 Å². The molecule has 0 fully saturated rings. The lowest BCUT2D eigenvalue weighted by Crippen LogP contribution is -2.35. The van der Waals surface area contributed by atoms with Crippen molar-refractivity contribution < 1.29 is 9.72 Å². The summed E-state index contributed by atoms with van der Waals surface area (Å²) in [5.74, 6) is -0.163. The highest BCUT2D eigenvalue weighted by Crippen LogP contribution is 2.17. The minimum atomic E-state index is -0.402. The molecule has 0 aliphatic rings. The molecule has 1 unspecified atom stereocenters. The molecule has 2 N–H and O–H groups in total. The largest absolute Gasteiger partial charge is 0.355 e. The minimum absolute atomic E-state index is 0.0482. The van der Waals surface area contributed by atoms with Crippen molar-refractivity contribution in [3.63, 3.8) is 0 Å². The van der Waals surface area contributed by atoms with Gasteiger partial charge >= 0.3 is 0 Å². The first-order valence-corrected chi connectivity index (χ1v) is 6.21. The second-order valence-corrected chi connectivity index (χ2v) is 4.39. The fourth-order valence-electron chi connectivity index (χ4n) is 1.79. The Bertz CT molecular complexity index is 449. The summed E-state index contributed by atoms with van der Waals surface area (Å²) in [7, 11) is 1.79. The van der Waals surface area contributed by atoms with Gasteiger partial charge in [0.2, 0.25) is 5.91 Å². The topological polar surface area (TPSA) is 84.3 Å². The zero-order valence-electron chi connectivity index (χ0n) is 11.2. The first kappa shape index (κ1) is 15.1. The third-order valence-electron chi connectivity index (χ3n) is 2.84. The fourth-order valence-corrected chi connectivity index (χ4v) is 1.79. The van der Waals surface area contributed by atoms with Crippen molar-refractivity contribution in [2.45, 2.75) is 13.3 Å². The van der Waals surface area contributed by atoms with Crippen molar-refractivity contribution in [2.24, 2.45) is 5.92 Å². The minimum Gasteiger partial charge on any atom is -0.355 e. The molecule has 1 aromatic carbocycles. The van der Waals surface area contributed by atoms with Crippen LogP contribution in [0, 0.1) is 16.0 Å². The number of benzene rings is 1. The van der Waals surface area contributed by atoms with Crippen LogP contribution in [-0.4, -0.2) is 31.0 Å². The summed E-state index contributed by atoms with van der Waals surface area (Å²) in [5.41, 5.74) is 0.731. The van der Waals surface area contributed by atoms with Crippen molar-refractivity contribution in [3.05, 3.63) is 39.9 Å². The number of nitrogens with zero attached hydrogens (tertiary/aromatic N) is 1. The average molecular weight is 265 g/mol. The zero-order valence-corrected chi connectivity index (χ0v) is 11.2. The van der Waals surface area contributed by atoms with Crippen LogP contribution in [0.25, 0.3) is 0 Å². The maximum absolute atomic E-state index is 11.7. The van der Waals surface area contributed by atoms with Crippen LogP contribution in [0.4, 0.5) is 5.69 Å². The number of rotatable bonds is 7. The summed E-state index contributed by atoms with van der Waals surface area (Å²) >= 11 is 0. The SMILES string of the molecule is CNCC(C)C(=O)NCCc1ccccc1[N+](=O)[O-]. The van der Waals surface area contributed by atoms with Gasteiger partial charge in [-0.25, -0.2) is 0 Å². The van der Waals surface area contributed by atoms with Crippen molar-refractivity contribution >= 4 is 11.6 Å². The van der Waals surface area contributed by atoms with E-state index in [0.29, 0.717) is 25.1 Å². The van der Waals surface area contributed by atoms with Gasteiger partial charge in [0.15, 0.2) is 0 Å². The molecule has 0 saturated carbocycles. The van der Waals surface area contributed by atoms with Crippen molar-refractivity contribution in [1.29, 1.82) is 0 Å². The molecule has 0 aromatic heterocycles. The second-order valence-electron chi connectivity index (χ2n) is 4.39. The van der Waals surface area contributed by atoms with Crippen molar-refractivity contribution in [1.82, 2.24) is 10.6 Å². The van der Waals surface area contributed by atoms with Gasteiger partial charge in [0.1, 0.15) is 0 Å². The van der Waals surface area contributed by atoms with Crippen LogP contribution in [0.2, 0.25) is 0 Å². The van der Waals surface area contributed by atoms with Gasteiger partial charge in [-0.15, -0.1) is 0 Å². The fraction of sp³-hybridized carbons (Fsp3) is 0.462. The Morgan fingerprint density at radius 1 is 1.42 bits per heavy atom. The summed E-state index contributed by atoms with van der Waals surface area (Å²) < 4.78 is 0. The standard InChI is InChI=1S/C13H19N3O3/c1-10(9-14-2)13(17)15-8-7-11-5-3-4-6-12(11)16(18)19/h3-6,10,14H,7-9H2,1-2H3,(H,15,17). The van der Waals surface area contributed by atoms with E-state index in [1.54, 1.807) is 25.2 Å². The summed E-state index contributed by atoms with van der Waals surface area (Å²) in [4.78, 5) is 22.1. The van der Waals surface area contributed by atoms with Crippen LogP contribution in [0.15, 0.2) is 24.3 Å². The predicted molar refractivity (Wildman–Crippen MR) is 72.9 cm³/mol. The van der Waals surface area contributed by atoms with E-state index < -0.39 is 4.92 Å². The van der Waals surface area contributed by atoms with Gasteiger partial charge in [0.05, 0.1) is 4.92 Å². The normalized spacial score (nSPS) is 11.9. The third-order valence-corrected chi connectivity index (χ3v) is 2.84. The Labute approximate surface area is 112 Å². The molecule has 1 amide bonds. The maximum atomic E-state index is 11.7. The molecule has 6 nitrogen and oxygen atoms in total. The first-order chi connectivity index (χ1) is 9.06. The summed E-state index contributed by atoms with van der Waals surface area (Å²) in [5, 5.41) is 16.5. The lowest BCUT2D eigenvalue weighted by atomic mass is 10.1. The molecule has 0 heterocycles. The van der Waals surface area contributed by atoms with Gasteiger partial charge in [-0.1, -0.05) is 25.1 Å². The molecule has 0 saturated heterocycles. The van der Waals surface area contributed by atoms with Crippen LogP contribution < -0.4 is 10.6 Å². The summed E-state index contributed by atoms with van der Waals surface area (Å²) in [6.07, 6.45) is 0.454. The molecule has 104 valence electrons. The number of carbonyl (C=O) groups is 1. The Morgan fingerprint density at radius 3 is 2.74 bits per heavy atom. The maximum Gasteiger partial charge on any atom is 0.272 e. The molecule has 0 radical (unpaired) electrons. The highest BCUT2D eigenvalue weighted by molar-refractivity contribution is 5.78. The smallest absolute Gasteiger partial charge is 0.272 e. The van der Waals surface area contributed by atoms with Gasteiger partial charge in [0, 0.05) is 30.6 Å². The van der Waals surface area contributed by atoms with E-state index in [1.165, 1.54) is 6.07 Å². The lowest BCUT2D eigenvalue weighted by molar-refractivity contribution is -0.385. The zero-order chi connectivity index (χ0) is 14.3. The average Bonchev–Trinajstić information content (AvgIpc) is 2.39. The molecular formula is C13H19N3O3. The Morgan fingerprint density at radius 2 is 2.11 bits per heavy atom. The van der Waals surface area contributed by atoms with Gasteiger partial charge in [-0.2, -0.15) is 0 Å². The first-order valence-electron chi connectivity index (χ1n) is 6.21. The Balaban J connectivity index is 2.50. The number of amides is 1. The quantitative estimate of drug-likeness (QED) is 0.571. The van der Waals surface area contributed by atoms with E-state index in [4.69, 9.17) is 0 Å². The highest BCUT2D eigenvalue weighted by Gasteiger charge is 2.14. The number of nitro groups is 1. The van der Waals surface area contributed by atoms with Gasteiger partial charge < -0.3 is 10.6 Å². The molecule has 0 aliphatic heterocycles. The summed E-state index contributed by atoms with van der Waals surface area (Å²) in [6.45, 7) is 2.84. The molecule has 1 rings (SSSR count). The molecule has 6 heteroatoms. The van der Waals surface area contributed by atoms with E-state index >= 15 is 0 Å². The molecule has 0 aliphatic carbocycles. The number of hydrogen-bond donors (Lipinski definition) is 2. The van der Waals surface area contributed by atoms with E-state index in [0.717, 1.165) is 0 Å². The van der Waals surface area contributed by atoms with E-state index in [-0.39, 0.29) is 17.5 Å². The number of hydrogen-bond acceptors (Lipinski definition) is 4. The Kier molecular flexibility index (Phi) is 5.95. The van der Waals surface area contributed by atoms with Gasteiger partial charge in [-0.3, -0.25) is 14.9 Å². The predicted octanol–water partition coefficient (Wildman–Crippen LogP) is 1.11. The highest BCUT2D eigenvalue weighted by atomic mass is 16.6. The molecule has 1 atom stereocenters. The van der Waals surface area contributed by atoms with Crippen LogP contribution in [0.5, 0.6) is 0 Å². The van der Waals surface area contributed by atoms with E-state index in [1.807, 2.05) is 6.92 Å². The van der Waals surface area contributed by atoms with Crippen LogP contribution in [0.3, 0.4) is 0 Å². The lowest BCUT2D eigenvalue weighted by Gasteiger charge is -2.11. The molecular weight excluding hydrogens is 246 g/mol. The number of nitro benzene ring substituents is 1. The molecule has 0 bridgehead atoms. The molecule has 19 heavy (non-hydrogen) atoms. The molecule has 1 aromatic rings. The number of para-hydroxylation sites is 1. The second kappa shape index (κ2) is 7.48. The van der Waals surface area contributed by atoms with Crippen LogP contribution >= 0.6 is 0 Å². The van der Waals surface area contributed by atoms with E-state index in [2.05, 4.69) is 10.6 Å². The van der Waals surface area contributed by atoms with Crippen molar-refractivity contribution in [3.8, 4) is 0 Å². The third kappa shape index (κ3) is 4.67.